The molecule has 2 heterocycles. The molecule has 2 aromatic carbocycles. The van der Waals surface area contributed by atoms with Crippen LogP contribution in [0.4, 0.5) is 15.2 Å². The quantitative estimate of drug-likeness (QED) is 0.432. The highest BCUT2D eigenvalue weighted by Crippen LogP contribution is 2.27. The molecule has 1 aromatic heterocycles. The minimum Gasteiger partial charge on any atom is -0.387 e. The number of hydrogen-bond donors (Lipinski definition) is 4. The maximum absolute atomic E-state index is 13.5. The lowest BCUT2D eigenvalue weighted by molar-refractivity contribution is -0.117. The summed E-state index contributed by atoms with van der Waals surface area (Å²) in [4.78, 5) is 16.7. The predicted octanol–water partition coefficient (Wildman–Crippen LogP) is 4.00. The topological polar surface area (TPSA) is 100 Å². The first-order valence-electron chi connectivity index (χ1n) is 10.7. The van der Waals surface area contributed by atoms with E-state index < -0.39 is 6.10 Å². The van der Waals surface area contributed by atoms with Crippen LogP contribution in [-0.2, 0) is 11.2 Å². The van der Waals surface area contributed by atoms with Crippen LogP contribution in [0.2, 0.25) is 0 Å². The molecule has 6 nitrogen and oxygen atoms in total. The van der Waals surface area contributed by atoms with Crippen LogP contribution < -0.4 is 16.4 Å². The Kier molecular flexibility index (Phi) is 6.83. The van der Waals surface area contributed by atoms with Crippen LogP contribution in [0.15, 0.2) is 53.9 Å². The van der Waals surface area contributed by atoms with E-state index in [0.29, 0.717) is 16.4 Å². The number of aromatic nitrogens is 1. The number of aliphatic hydroxyl groups excluding tert-OH is 1. The van der Waals surface area contributed by atoms with Crippen LogP contribution in [-0.4, -0.2) is 28.1 Å². The zero-order chi connectivity index (χ0) is 22.7. The number of rotatable bonds is 7. The van der Waals surface area contributed by atoms with Crippen LogP contribution in [0.5, 0.6) is 0 Å². The zero-order valence-electron chi connectivity index (χ0n) is 17.8. The highest BCUT2D eigenvalue weighted by Gasteiger charge is 2.30. The highest BCUT2D eigenvalue weighted by molar-refractivity contribution is 7.13. The number of amides is 1. The Bertz CT molecular complexity index is 1070. The van der Waals surface area contributed by atoms with Gasteiger partial charge in [0.1, 0.15) is 5.82 Å². The van der Waals surface area contributed by atoms with E-state index in [0.717, 1.165) is 30.5 Å². The second-order valence-electron chi connectivity index (χ2n) is 8.27. The van der Waals surface area contributed by atoms with Gasteiger partial charge < -0.3 is 21.5 Å². The van der Waals surface area contributed by atoms with Gasteiger partial charge in [-0.15, -0.1) is 11.3 Å². The van der Waals surface area contributed by atoms with E-state index in [1.807, 2.05) is 24.3 Å². The maximum atomic E-state index is 13.5. The van der Waals surface area contributed by atoms with Crippen molar-refractivity contribution >= 4 is 28.1 Å². The van der Waals surface area contributed by atoms with Gasteiger partial charge in [0.05, 0.1) is 17.7 Å². The van der Waals surface area contributed by atoms with Gasteiger partial charge in [-0.1, -0.05) is 24.3 Å². The lowest BCUT2D eigenvalue weighted by Gasteiger charge is -2.20. The van der Waals surface area contributed by atoms with E-state index in [2.05, 4.69) is 15.6 Å². The van der Waals surface area contributed by atoms with Crippen molar-refractivity contribution in [1.29, 1.82) is 0 Å². The van der Waals surface area contributed by atoms with Crippen molar-refractivity contribution in [2.24, 2.45) is 0 Å². The summed E-state index contributed by atoms with van der Waals surface area (Å²) < 4.78 is 13.5. The third kappa shape index (κ3) is 5.32. The fourth-order valence-corrected chi connectivity index (χ4v) is 4.73. The minimum atomic E-state index is -0.733. The van der Waals surface area contributed by atoms with Gasteiger partial charge in [0.2, 0.25) is 5.91 Å². The van der Waals surface area contributed by atoms with Crippen molar-refractivity contribution < 1.29 is 14.3 Å². The number of carbonyl (C=O) groups excluding carboxylic acids is 1. The van der Waals surface area contributed by atoms with Crippen LogP contribution in [0, 0.1) is 5.82 Å². The molecule has 168 valence electrons. The summed E-state index contributed by atoms with van der Waals surface area (Å²) >= 11 is 1.32. The standard InChI is InChI=1S/C24H27FN4O2S/c1-14(21-13-32-24(26)29-21)23(31)28-18-7-5-15(6-8-18)11-19-9-10-20(27-19)22(30)16-3-2-4-17(25)12-16/h2-8,12-14,19-20,22,27,30H,9-11H2,1H3,(H2,26,29)(H,28,31)/t14?,19?,20-,22-/m1/s1. The van der Waals surface area contributed by atoms with Gasteiger partial charge >= 0.3 is 0 Å². The van der Waals surface area contributed by atoms with Gasteiger partial charge in [-0.25, -0.2) is 9.37 Å². The summed E-state index contributed by atoms with van der Waals surface area (Å²) in [6.45, 7) is 1.80. The molecule has 2 unspecified atom stereocenters. The Hall–Kier alpha value is -2.81. The molecule has 4 atom stereocenters. The van der Waals surface area contributed by atoms with E-state index in [9.17, 15) is 14.3 Å². The third-order valence-electron chi connectivity index (χ3n) is 5.93. The molecule has 1 fully saturated rings. The molecular formula is C24H27FN4O2S. The molecular weight excluding hydrogens is 427 g/mol. The second kappa shape index (κ2) is 9.77. The van der Waals surface area contributed by atoms with Crippen molar-refractivity contribution in [1.82, 2.24) is 10.3 Å². The van der Waals surface area contributed by atoms with Crippen molar-refractivity contribution in [2.45, 2.75) is 50.3 Å². The number of benzene rings is 2. The molecule has 1 amide bonds. The normalized spacial score (nSPS) is 20.1. The molecule has 8 heteroatoms. The molecule has 0 saturated carbocycles. The number of aliphatic hydroxyl groups is 1. The van der Waals surface area contributed by atoms with Gasteiger partial charge in [0.25, 0.3) is 0 Å². The smallest absolute Gasteiger partial charge is 0.233 e. The molecule has 0 bridgehead atoms. The minimum absolute atomic E-state index is 0.0957. The van der Waals surface area contributed by atoms with Crippen LogP contribution in [0.3, 0.4) is 0 Å². The fourth-order valence-electron chi connectivity index (χ4n) is 4.08. The Morgan fingerprint density at radius 3 is 2.78 bits per heavy atom. The zero-order valence-corrected chi connectivity index (χ0v) is 18.6. The number of carbonyl (C=O) groups is 1. The number of nitrogens with two attached hydrogens (primary N) is 1. The van der Waals surface area contributed by atoms with Crippen LogP contribution >= 0.6 is 11.3 Å². The van der Waals surface area contributed by atoms with Gasteiger partial charge in [-0.3, -0.25) is 4.79 Å². The summed E-state index contributed by atoms with van der Waals surface area (Å²) in [6.07, 6.45) is 1.84. The Morgan fingerprint density at radius 1 is 1.31 bits per heavy atom. The van der Waals surface area contributed by atoms with E-state index in [1.54, 1.807) is 24.4 Å². The molecule has 0 aliphatic carbocycles. The van der Waals surface area contributed by atoms with Crippen LogP contribution in [0.1, 0.15) is 48.6 Å². The largest absolute Gasteiger partial charge is 0.387 e. The number of nitrogens with zero attached hydrogens (tertiary/aromatic N) is 1. The Labute approximate surface area is 190 Å². The molecule has 3 aromatic rings. The molecule has 0 spiro atoms. The maximum Gasteiger partial charge on any atom is 0.233 e. The van der Waals surface area contributed by atoms with Crippen molar-refractivity contribution in [3.05, 3.63) is 76.5 Å². The number of anilines is 2. The number of halogens is 1. The number of thiazole rings is 1. The predicted molar refractivity (Wildman–Crippen MR) is 125 cm³/mol. The highest BCUT2D eigenvalue weighted by atomic mass is 32.1. The summed E-state index contributed by atoms with van der Waals surface area (Å²) in [5.41, 5.74) is 8.79. The molecule has 0 radical (unpaired) electrons. The average molecular weight is 455 g/mol. The van der Waals surface area contributed by atoms with Gasteiger partial charge in [-0.05, 0) is 61.6 Å². The number of hydrogen-bond acceptors (Lipinski definition) is 6. The number of nitrogen functional groups attached to an aromatic ring is 1. The number of nitrogens with one attached hydrogen (secondary N) is 2. The SMILES string of the molecule is CC(C(=O)Nc1ccc(CC2CC[C@H]([C@H](O)c3cccc(F)c3)N2)cc1)c1csc(N)n1. The van der Waals surface area contributed by atoms with E-state index in [-0.39, 0.29) is 29.7 Å². The average Bonchev–Trinajstić information content (AvgIpc) is 3.43. The first-order chi connectivity index (χ1) is 15.4. The molecule has 1 saturated heterocycles. The van der Waals surface area contributed by atoms with Gasteiger partial charge in [-0.2, -0.15) is 0 Å². The molecule has 1 aliphatic rings. The van der Waals surface area contributed by atoms with Gasteiger partial charge in [0, 0.05) is 23.2 Å². The first kappa shape index (κ1) is 22.4. The van der Waals surface area contributed by atoms with Crippen molar-refractivity contribution in [3.8, 4) is 0 Å². The fraction of sp³-hybridized carbons (Fsp3) is 0.333. The van der Waals surface area contributed by atoms with Gasteiger partial charge in [0.15, 0.2) is 5.13 Å². The molecule has 32 heavy (non-hydrogen) atoms. The second-order valence-corrected chi connectivity index (χ2v) is 9.16. The molecule has 1 aliphatic heterocycles. The van der Waals surface area contributed by atoms with E-state index in [1.165, 1.54) is 23.5 Å². The van der Waals surface area contributed by atoms with E-state index in [4.69, 9.17) is 5.73 Å². The summed E-state index contributed by atoms with van der Waals surface area (Å²) in [6, 6.07) is 14.1. The van der Waals surface area contributed by atoms with Crippen molar-refractivity contribution in [3.63, 3.8) is 0 Å². The lowest BCUT2D eigenvalue weighted by Crippen LogP contribution is -2.35. The Morgan fingerprint density at radius 2 is 2.09 bits per heavy atom. The van der Waals surface area contributed by atoms with Crippen LogP contribution in [0.25, 0.3) is 0 Å². The van der Waals surface area contributed by atoms with Crippen molar-refractivity contribution in [2.75, 3.05) is 11.1 Å². The third-order valence-corrected chi connectivity index (χ3v) is 6.62. The summed E-state index contributed by atoms with van der Waals surface area (Å²) in [5.74, 6) is -0.851. The summed E-state index contributed by atoms with van der Waals surface area (Å²) in [7, 11) is 0. The first-order valence-corrected chi connectivity index (χ1v) is 11.6. The lowest BCUT2D eigenvalue weighted by atomic mass is 10.0. The monoisotopic (exact) mass is 454 g/mol. The molecule has 4 rings (SSSR count). The summed E-state index contributed by atoms with van der Waals surface area (Å²) in [5, 5.41) is 19.3. The Balaban J connectivity index is 1.30. The molecule has 5 N–H and O–H groups in total. The van der Waals surface area contributed by atoms with E-state index >= 15 is 0 Å².